The van der Waals surface area contributed by atoms with Gasteiger partial charge in [0.15, 0.2) is 11.5 Å². The minimum Gasteiger partial charge on any atom is -0.454 e. The van der Waals surface area contributed by atoms with Gasteiger partial charge in [-0.2, -0.15) is 0 Å². The van der Waals surface area contributed by atoms with E-state index in [0.717, 1.165) is 36.6 Å². The van der Waals surface area contributed by atoms with E-state index in [1.54, 1.807) is 7.11 Å². The third-order valence-electron chi connectivity index (χ3n) is 3.40. The number of hydrogen-bond acceptors (Lipinski definition) is 5. The predicted molar refractivity (Wildman–Crippen MR) is 73.5 cm³/mol. The summed E-state index contributed by atoms with van der Waals surface area (Å²) in [6, 6.07) is 6.21. The number of benzene rings is 1. The second kappa shape index (κ2) is 6.75. The summed E-state index contributed by atoms with van der Waals surface area (Å²) in [5.74, 6) is 1.61. The van der Waals surface area contributed by atoms with Crippen molar-refractivity contribution in [3.63, 3.8) is 0 Å². The van der Waals surface area contributed by atoms with Crippen LogP contribution in [0.15, 0.2) is 18.2 Å². The van der Waals surface area contributed by atoms with E-state index in [1.165, 1.54) is 0 Å². The van der Waals surface area contributed by atoms with E-state index >= 15 is 0 Å². The zero-order valence-electron chi connectivity index (χ0n) is 11.6. The van der Waals surface area contributed by atoms with E-state index in [1.807, 2.05) is 12.1 Å². The average molecular weight is 266 g/mol. The molecule has 106 valence electrons. The van der Waals surface area contributed by atoms with Gasteiger partial charge in [0.2, 0.25) is 6.79 Å². The van der Waals surface area contributed by atoms with E-state index < -0.39 is 0 Å². The van der Waals surface area contributed by atoms with E-state index in [0.29, 0.717) is 13.3 Å². The molecule has 0 saturated carbocycles. The molecule has 19 heavy (non-hydrogen) atoms. The van der Waals surface area contributed by atoms with E-state index in [2.05, 4.69) is 18.0 Å². The quantitative estimate of drug-likeness (QED) is 0.756. The molecule has 0 aliphatic carbocycles. The molecule has 0 radical (unpaired) electrons. The molecule has 0 aromatic heterocycles. The smallest absolute Gasteiger partial charge is 0.231 e. The van der Waals surface area contributed by atoms with Crippen LogP contribution in [0.2, 0.25) is 0 Å². The highest BCUT2D eigenvalue weighted by molar-refractivity contribution is 5.45. The molecule has 2 rings (SSSR count). The van der Waals surface area contributed by atoms with Gasteiger partial charge < -0.3 is 19.9 Å². The summed E-state index contributed by atoms with van der Waals surface area (Å²) >= 11 is 0. The Labute approximate surface area is 114 Å². The molecule has 0 amide bonds. The van der Waals surface area contributed by atoms with Gasteiger partial charge in [-0.25, -0.2) is 0 Å². The molecule has 1 aromatic rings. The van der Waals surface area contributed by atoms with Gasteiger partial charge in [-0.3, -0.25) is 4.90 Å². The van der Waals surface area contributed by atoms with Gasteiger partial charge in [-0.1, -0.05) is 6.07 Å². The van der Waals surface area contributed by atoms with Crippen molar-refractivity contribution in [2.24, 2.45) is 5.73 Å². The highest BCUT2D eigenvalue weighted by Crippen LogP contribution is 2.35. The van der Waals surface area contributed by atoms with Crippen LogP contribution < -0.4 is 15.2 Å². The molecular weight excluding hydrogens is 244 g/mol. The van der Waals surface area contributed by atoms with Crippen molar-refractivity contribution < 1.29 is 14.2 Å². The second-order valence-corrected chi connectivity index (χ2v) is 4.69. The summed E-state index contributed by atoms with van der Waals surface area (Å²) in [6.45, 7) is 2.59. The molecule has 5 nitrogen and oxygen atoms in total. The number of likely N-dealkylation sites (N-methyl/N-ethyl adjacent to an activating group) is 1. The average Bonchev–Trinajstić information content (AvgIpc) is 2.87. The molecule has 0 fully saturated rings. The molecule has 5 heteroatoms. The lowest BCUT2D eigenvalue weighted by Crippen LogP contribution is -2.31. The summed E-state index contributed by atoms with van der Waals surface area (Å²) in [4.78, 5) is 2.25. The first-order chi connectivity index (χ1) is 9.26. The van der Waals surface area contributed by atoms with Crippen LogP contribution in [-0.2, 0) is 4.74 Å². The minimum atomic E-state index is 0.186. The third kappa shape index (κ3) is 3.37. The van der Waals surface area contributed by atoms with E-state index in [9.17, 15) is 0 Å². The highest BCUT2D eigenvalue weighted by atomic mass is 16.7. The van der Waals surface area contributed by atoms with Crippen molar-refractivity contribution in [1.82, 2.24) is 4.90 Å². The molecule has 0 bridgehead atoms. The first-order valence-corrected chi connectivity index (χ1v) is 6.55. The maximum atomic E-state index is 5.91. The molecule has 1 heterocycles. The first kappa shape index (κ1) is 14.1. The van der Waals surface area contributed by atoms with Crippen LogP contribution in [0.4, 0.5) is 0 Å². The van der Waals surface area contributed by atoms with Crippen molar-refractivity contribution in [2.45, 2.75) is 12.5 Å². The lowest BCUT2D eigenvalue weighted by Gasteiger charge is -2.27. The number of methoxy groups -OCH3 is 1. The Hall–Kier alpha value is -1.30. The summed E-state index contributed by atoms with van der Waals surface area (Å²) in [6.07, 6.45) is 0.994. The van der Waals surface area contributed by atoms with Gasteiger partial charge in [0.1, 0.15) is 0 Å². The van der Waals surface area contributed by atoms with Crippen LogP contribution in [-0.4, -0.2) is 45.5 Å². The Bertz CT molecular complexity index is 412. The maximum Gasteiger partial charge on any atom is 0.231 e. The fourth-order valence-electron chi connectivity index (χ4n) is 2.31. The van der Waals surface area contributed by atoms with Crippen molar-refractivity contribution in [1.29, 1.82) is 0 Å². The van der Waals surface area contributed by atoms with Gasteiger partial charge >= 0.3 is 0 Å². The molecule has 1 aromatic carbocycles. The SMILES string of the molecule is COCCCN(C)C(CN)c1ccc2c(c1)OCO2. The van der Waals surface area contributed by atoms with Gasteiger partial charge in [0.05, 0.1) is 0 Å². The van der Waals surface area contributed by atoms with Gasteiger partial charge in [0, 0.05) is 32.8 Å². The molecule has 0 saturated heterocycles. The number of nitrogens with zero attached hydrogens (tertiary/aromatic N) is 1. The summed E-state index contributed by atoms with van der Waals surface area (Å²) < 4.78 is 15.8. The molecule has 1 aliphatic heterocycles. The van der Waals surface area contributed by atoms with Gasteiger partial charge in [0.25, 0.3) is 0 Å². The van der Waals surface area contributed by atoms with Crippen molar-refractivity contribution in [2.75, 3.05) is 40.6 Å². The molecule has 1 unspecified atom stereocenters. The zero-order valence-corrected chi connectivity index (χ0v) is 11.6. The Morgan fingerprint density at radius 3 is 2.89 bits per heavy atom. The van der Waals surface area contributed by atoms with Crippen molar-refractivity contribution in [3.8, 4) is 11.5 Å². The normalized spacial score (nSPS) is 14.9. The summed E-state index contributed by atoms with van der Waals surface area (Å²) in [7, 11) is 3.80. The number of rotatable bonds is 7. The van der Waals surface area contributed by atoms with E-state index in [4.69, 9.17) is 19.9 Å². The molecule has 0 spiro atoms. The molecule has 1 atom stereocenters. The number of ether oxygens (including phenoxy) is 3. The fourth-order valence-corrected chi connectivity index (χ4v) is 2.31. The van der Waals surface area contributed by atoms with Crippen LogP contribution in [0.25, 0.3) is 0 Å². The largest absolute Gasteiger partial charge is 0.454 e. The lowest BCUT2D eigenvalue weighted by atomic mass is 10.0. The predicted octanol–water partition coefficient (Wildman–Crippen LogP) is 1.38. The molecule has 2 N–H and O–H groups in total. The Morgan fingerprint density at radius 2 is 2.16 bits per heavy atom. The van der Waals surface area contributed by atoms with Crippen LogP contribution in [0.3, 0.4) is 0 Å². The zero-order chi connectivity index (χ0) is 13.7. The summed E-state index contributed by atoms with van der Waals surface area (Å²) in [5, 5.41) is 0. The van der Waals surface area contributed by atoms with Crippen molar-refractivity contribution >= 4 is 0 Å². The Morgan fingerprint density at radius 1 is 1.37 bits per heavy atom. The Balaban J connectivity index is 2.04. The van der Waals surface area contributed by atoms with Crippen LogP contribution >= 0.6 is 0 Å². The summed E-state index contributed by atoms with van der Waals surface area (Å²) in [5.41, 5.74) is 7.07. The molecular formula is C14H22N2O3. The van der Waals surface area contributed by atoms with Crippen molar-refractivity contribution in [3.05, 3.63) is 23.8 Å². The van der Waals surface area contributed by atoms with Gasteiger partial charge in [-0.15, -0.1) is 0 Å². The molecule has 1 aliphatic rings. The second-order valence-electron chi connectivity index (χ2n) is 4.69. The van der Waals surface area contributed by atoms with Gasteiger partial charge in [-0.05, 0) is 31.2 Å². The van der Waals surface area contributed by atoms with Crippen LogP contribution in [0, 0.1) is 0 Å². The monoisotopic (exact) mass is 266 g/mol. The number of nitrogens with two attached hydrogens (primary N) is 1. The third-order valence-corrected chi connectivity index (χ3v) is 3.40. The van der Waals surface area contributed by atoms with Crippen LogP contribution in [0.1, 0.15) is 18.0 Å². The van der Waals surface area contributed by atoms with Crippen LogP contribution in [0.5, 0.6) is 11.5 Å². The first-order valence-electron chi connectivity index (χ1n) is 6.55. The number of hydrogen-bond donors (Lipinski definition) is 1. The minimum absolute atomic E-state index is 0.186. The standard InChI is InChI=1S/C14H22N2O3/c1-16(6-3-7-17-2)12(9-15)11-4-5-13-14(8-11)19-10-18-13/h4-5,8,12H,3,6-7,9-10,15H2,1-2H3. The maximum absolute atomic E-state index is 5.91. The lowest BCUT2D eigenvalue weighted by molar-refractivity contribution is 0.166. The topological polar surface area (TPSA) is 57.0 Å². The fraction of sp³-hybridized carbons (Fsp3) is 0.571. The Kier molecular flexibility index (Phi) is 5.01. The highest BCUT2D eigenvalue weighted by Gasteiger charge is 2.19. The number of fused-ring (bicyclic) bond motifs is 1. The van der Waals surface area contributed by atoms with E-state index in [-0.39, 0.29) is 6.04 Å².